The number of nitrogens with one attached hydrogen (secondary N) is 1. The molecule has 0 radical (unpaired) electrons. The Bertz CT molecular complexity index is 494. The minimum atomic E-state index is -1.35. The zero-order chi connectivity index (χ0) is 14.4. The fourth-order valence-electron chi connectivity index (χ4n) is 1.38. The molecule has 0 amide bonds. The molecule has 0 aliphatic carbocycles. The van der Waals surface area contributed by atoms with Gasteiger partial charge in [0.2, 0.25) is 0 Å². The first-order chi connectivity index (χ1) is 8.97. The first-order valence-electron chi connectivity index (χ1n) is 5.49. The summed E-state index contributed by atoms with van der Waals surface area (Å²) >= 11 is 0. The topological polar surface area (TPSA) is 81.5 Å². The number of hydrogen-bond acceptors (Lipinski definition) is 5. The standard InChI is InChI=1S/C11H12F2N2O4/c1-2-19-9(16)5-6-14-11-8(15(17)18)4-3-7(12)10(11)13/h3-4,14H,2,5-6H2,1H3. The van der Waals surface area contributed by atoms with Crippen LogP contribution in [-0.2, 0) is 9.53 Å². The molecule has 1 rings (SSSR count). The summed E-state index contributed by atoms with van der Waals surface area (Å²) in [6.45, 7) is 1.73. The predicted octanol–water partition coefficient (Wildman–Crippen LogP) is 2.24. The average Bonchev–Trinajstić information content (AvgIpc) is 2.34. The SMILES string of the molecule is CCOC(=O)CCNc1c([N+](=O)[O-])ccc(F)c1F. The van der Waals surface area contributed by atoms with E-state index in [4.69, 9.17) is 0 Å². The summed E-state index contributed by atoms with van der Waals surface area (Å²) in [7, 11) is 0. The van der Waals surface area contributed by atoms with E-state index in [1.807, 2.05) is 0 Å². The van der Waals surface area contributed by atoms with Gasteiger partial charge in [0, 0.05) is 12.6 Å². The van der Waals surface area contributed by atoms with Gasteiger partial charge in [-0.2, -0.15) is 0 Å². The maximum absolute atomic E-state index is 13.4. The molecular formula is C11H12F2N2O4. The Kier molecular flexibility index (Phi) is 5.16. The molecule has 0 atom stereocenters. The molecule has 0 bridgehead atoms. The zero-order valence-corrected chi connectivity index (χ0v) is 10.1. The lowest BCUT2D eigenvalue weighted by molar-refractivity contribution is -0.384. The number of benzene rings is 1. The maximum Gasteiger partial charge on any atom is 0.307 e. The molecule has 0 heterocycles. The molecule has 1 N–H and O–H groups in total. The molecular weight excluding hydrogens is 262 g/mol. The van der Waals surface area contributed by atoms with Crippen molar-refractivity contribution in [1.29, 1.82) is 0 Å². The average molecular weight is 274 g/mol. The highest BCUT2D eigenvalue weighted by molar-refractivity contribution is 5.70. The number of esters is 1. The summed E-state index contributed by atoms with van der Waals surface area (Å²) in [5, 5.41) is 13.0. The van der Waals surface area contributed by atoms with E-state index in [1.165, 1.54) is 0 Å². The van der Waals surface area contributed by atoms with E-state index in [0.29, 0.717) is 6.07 Å². The molecule has 0 aliphatic rings. The van der Waals surface area contributed by atoms with Crippen molar-refractivity contribution in [2.75, 3.05) is 18.5 Å². The lowest BCUT2D eigenvalue weighted by Gasteiger charge is -2.08. The molecule has 0 aliphatic heterocycles. The Hall–Kier alpha value is -2.25. The van der Waals surface area contributed by atoms with Crippen LogP contribution in [0.3, 0.4) is 0 Å². The van der Waals surface area contributed by atoms with Gasteiger partial charge in [-0.3, -0.25) is 14.9 Å². The Morgan fingerprint density at radius 2 is 2.16 bits per heavy atom. The van der Waals surface area contributed by atoms with E-state index in [9.17, 15) is 23.7 Å². The largest absolute Gasteiger partial charge is 0.466 e. The molecule has 1 aromatic carbocycles. The monoisotopic (exact) mass is 274 g/mol. The van der Waals surface area contributed by atoms with Gasteiger partial charge in [0.15, 0.2) is 17.3 Å². The van der Waals surface area contributed by atoms with Crippen LogP contribution >= 0.6 is 0 Å². The first-order valence-corrected chi connectivity index (χ1v) is 5.49. The van der Waals surface area contributed by atoms with Gasteiger partial charge in [-0.1, -0.05) is 0 Å². The Morgan fingerprint density at radius 3 is 2.74 bits per heavy atom. The van der Waals surface area contributed by atoms with Gasteiger partial charge in [-0.15, -0.1) is 0 Å². The number of carbonyl (C=O) groups is 1. The van der Waals surface area contributed by atoms with Crippen LogP contribution in [0.4, 0.5) is 20.2 Å². The second kappa shape index (κ2) is 6.62. The fraction of sp³-hybridized carbons (Fsp3) is 0.364. The molecule has 19 heavy (non-hydrogen) atoms. The van der Waals surface area contributed by atoms with Crippen LogP contribution in [0.5, 0.6) is 0 Å². The van der Waals surface area contributed by atoms with Crippen molar-refractivity contribution in [2.24, 2.45) is 0 Å². The third kappa shape index (κ3) is 3.87. The summed E-state index contributed by atoms with van der Waals surface area (Å²) in [5.41, 5.74) is -1.17. The van der Waals surface area contributed by atoms with Gasteiger partial charge in [-0.05, 0) is 13.0 Å². The van der Waals surface area contributed by atoms with Gasteiger partial charge in [0.25, 0.3) is 5.69 Å². The normalized spacial score (nSPS) is 10.1. The van der Waals surface area contributed by atoms with Crippen LogP contribution < -0.4 is 5.32 Å². The van der Waals surface area contributed by atoms with Crippen molar-refractivity contribution < 1.29 is 23.2 Å². The highest BCUT2D eigenvalue weighted by atomic mass is 19.2. The zero-order valence-electron chi connectivity index (χ0n) is 10.1. The van der Waals surface area contributed by atoms with E-state index in [-0.39, 0.29) is 19.6 Å². The van der Waals surface area contributed by atoms with E-state index < -0.39 is 33.9 Å². The van der Waals surface area contributed by atoms with Gasteiger partial charge in [0.1, 0.15) is 0 Å². The van der Waals surface area contributed by atoms with Gasteiger partial charge in [-0.25, -0.2) is 8.78 Å². The maximum atomic E-state index is 13.4. The number of nitro groups is 1. The molecule has 0 saturated heterocycles. The van der Waals surface area contributed by atoms with Crippen molar-refractivity contribution >= 4 is 17.3 Å². The Labute approximate surface area is 107 Å². The number of halogens is 2. The molecule has 104 valence electrons. The van der Waals surface area contributed by atoms with Crippen molar-refractivity contribution in [3.8, 4) is 0 Å². The van der Waals surface area contributed by atoms with Crippen molar-refractivity contribution in [1.82, 2.24) is 0 Å². The van der Waals surface area contributed by atoms with Crippen molar-refractivity contribution in [2.45, 2.75) is 13.3 Å². The second-order valence-electron chi connectivity index (χ2n) is 3.49. The van der Waals surface area contributed by atoms with E-state index in [0.717, 1.165) is 6.07 Å². The van der Waals surface area contributed by atoms with Crippen molar-refractivity contribution in [3.05, 3.63) is 33.9 Å². The Balaban J connectivity index is 2.79. The highest BCUT2D eigenvalue weighted by Crippen LogP contribution is 2.28. The number of rotatable bonds is 6. The lowest BCUT2D eigenvalue weighted by Crippen LogP contribution is -2.13. The number of ether oxygens (including phenoxy) is 1. The first kappa shape index (κ1) is 14.8. The minimum absolute atomic E-state index is 0.0972. The smallest absolute Gasteiger partial charge is 0.307 e. The van der Waals surface area contributed by atoms with Crippen LogP contribution in [0.25, 0.3) is 0 Å². The lowest BCUT2D eigenvalue weighted by atomic mass is 10.2. The van der Waals surface area contributed by atoms with Crippen LogP contribution in [0, 0.1) is 21.7 Å². The van der Waals surface area contributed by atoms with Crippen LogP contribution in [0.2, 0.25) is 0 Å². The van der Waals surface area contributed by atoms with Gasteiger partial charge >= 0.3 is 5.97 Å². The third-order valence-corrected chi connectivity index (χ3v) is 2.21. The molecule has 0 aromatic heterocycles. The number of anilines is 1. The molecule has 0 spiro atoms. The second-order valence-corrected chi connectivity index (χ2v) is 3.49. The quantitative estimate of drug-likeness (QED) is 0.488. The van der Waals surface area contributed by atoms with Gasteiger partial charge < -0.3 is 10.1 Å². The molecule has 6 nitrogen and oxygen atoms in total. The molecule has 0 fully saturated rings. The Morgan fingerprint density at radius 1 is 1.47 bits per heavy atom. The molecule has 8 heteroatoms. The summed E-state index contributed by atoms with van der Waals surface area (Å²) in [5.74, 6) is -3.09. The van der Waals surface area contributed by atoms with E-state index >= 15 is 0 Å². The highest BCUT2D eigenvalue weighted by Gasteiger charge is 2.21. The van der Waals surface area contributed by atoms with Gasteiger partial charge in [0.05, 0.1) is 18.0 Å². The van der Waals surface area contributed by atoms with E-state index in [1.54, 1.807) is 6.92 Å². The third-order valence-electron chi connectivity index (χ3n) is 2.21. The molecule has 0 unspecified atom stereocenters. The summed E-state index contributed by atoms with van der Waals surface area (Å²) in [6.07, 6.45) is -0.110. The summed E-state index contributed by atoms with van der Waals surface area (Å²) < 4.78 is 31.1. The number of nitrogens with zero attached hydrogens (tertiary/aromatic N) is 1. The fourth-order valence-corrected chi connectivity index (χ4v) is 1.38. The summed E-state index contributed by atoms with van der Waals surface area (Å²) in [6, 6.07) is 1.52. The van der Waals surface area contributed by atoms with E-state index in [2.05, 4.69) is 10.1 Å². The molecule has 0 saturated carbocycles. The predicted molar refractivity (Wildman–Crippen MR) is 62.8 cm³/mol. The van der Waals surface area contributed by atoms with Crippen LogP contribution in [-0.4, -0.2) is 24.0 Å². The van der Waals surface area contributed by atoms with Crippen LogP contribution in [0.15, 0.2) is 12.1 Å². The summed E-state index contributed by atoms with van der Waals surface area (Å²) in [4.78, 5) is 20.9. The number of carbonyl (C=O) groups excluding carboxylic acids is 1. The molecule has 1 aromatic rings. The van der Waals surface area contributed by atoms with Crippen LogP contribution in [0.1, 0.15) is 13.3 Å². The van der Waals surface area contributed by atoms with Crippen molar-refractivity contribution in [3.63, 3.8) is 0 Å². The number of nitro benzene ring substituents is 1. The minimum Gasteiger partial charge on any atom is -0.466 e. The number of hydrogen-bond donors (Lipinski definition) is 1.